The highest BCUT2D eigenvalue weighted by atomic mass is 16.5. The molecule has 1 aliphatic rings. The van der Waals surface area contributed by atoms with Gasteiger partial charge in [0.1, 0.15) is 5.75 Å². The van der Waals surface area contributed by atoms with Gasteiger partial charge in [0.25, 0.3) is 0 Å². The van der Waals surface area contributed by atoms with E-state index in [1.165, 1.54) is 44.9 Å². The Balaban J connectivity index is 1.47. The van der Waals surface area contributed by atoms with Gasteiger partial charge in [0.05, 0.1) is 24.4 Å². The summed E-state index contributed by atoms with van der Waals surface area (Å²) < 4.78 is 11.9. The Kier molecular flexibility index (Phi) is 12.2. The summed E-state index contributed by atoms with van der Waals surface area (Å²) in [5.41, 5.74) is 0.891. The predicted molar refractivity (Wildman–Crippen MR) is 146 cm³/mol. The van der Waals surface area contributed by atoms with E-state index in [2.05, 4.69) is 30.7 Å². The number of nitrogens with zero attached hydrogens (tertiary/aromatic N) is 2. The van der Waals surface area contributed by atoms with Gasteiger partial charge in [-0.3, -0.25) is 4.79 Å². The quantitative estimate of drug-likeness (QED) is 0.141. The second kappa shape index (κ2) is 15.6. The molecule has 5 nitrogen and oxygen atoms in total. The summed E-state index contributed by atoms with van der Waals surface area (Å²) in [5.74, 6) is 2.67. The smallest absolute Gasteiger partial charge is 0.314 e. The molecule has 0 aliphatic heterocycles. The lowest BCUT2D eigenvalue weighted by Crippen LogP contribution is -2.25. The molecule has 1 aliphatic carbocycles. The zero-order valence-corrected chi connectivity index (χ0v) is 22.7. The average molecular weight is 495 g/mol. The van der Waals surface area contributed by atoms with E-state index in [9.17, 15) is 4.79 Å². The standard InChI is InChI=1S/C31H46N2O3/c1-4-7-9-12-24-14-16-26(17-15-24)31(34)36-28-20-18-25(19-21-28)30-32-22-29(23-33-30)35-27(11-6-3)13-10-8-5-2/h18-24,26-27H,4-17H2,1-3H3. The third-order valence-electron chi connectivity index (χ3n) is 7.40. The monoisotopic (exact) mass is 494 g/mol. The molecule has 5 heteroatoms. The minimum Gasteiger partial charge on any atom is -0.487 e. The van der Waals surface area contributed by atoms with Crippen molar-refractivity contribution >= 4 is 5.97 Å². The SMILES string of the molecule is CCCCCC1CCC(C(=O)Oc2ccc(-c3ncc(OC(CCC)CCCCC)cn3)cc2)CC1. The Morgan fingerprint density at radius 3 is 2.14 bits per heavy atom. The maximum Gasteiger partial charge on any atom is 0.314 e. The number of hydrogen-bond donors (Lipinski definition) is 0. The molecule has 0 saturated heterocycles. The highest BCUT2D eigenvalue weighted by molar-refractivity contribution is 5.75. The Labute approximate surface area is 218 Å². The second-order valence-electron chi connectivity index (χ2n) is 10.4. The van der Waals surface area contributed by atoms with Gasteiger partial charge in [-0.05, 0) is 75.1 Å². The van der Waals surface area contributed by atoms with Gasteiger partial charge in [-0.25, -0.2) is 9.97 Å². The number of unbranched alkanes of at least 4 members (excludes halogenated alkanes) is 4. The molecule has 0 spiro atoms. The van der Waals surface area contributed by atoms with E-state index in [-0.39, 0.29) is 18.0 Å². The van der Waals surface area contributed by atoms with Crippen LogP contribution >= 0.6 is 0 Å². The number of rotatable bonds is 15. The summed E-state index contributed by atoms with van der Waals surface area (Å²) in [6, 6.07) is 7.49. The fourth-order valence-corrected chi connectivity index (χ4v) is 5.17. The molecule has 1 aromatic heterocycles. The molecule has 1 unspecified atom stereocenters. The minimum absolute atomic E-state index is 0.0292. The molecule has 198 valence electrons. The van der Waals surface area contributed by atoms with E-state index in [1.54, 1.807) is 12.4 Å². The topological polar surface area (TPSA) is 61.3 Å². The Bertz CT molecular complexity index is 874. The van der Waals surface area contributed by atoms with Gasteiger partial charge in [-0.2, -0.15) is 0 Å². The lowest BCUT2D eigenvalue weighted by Gasteiger charge is -2.27. The van der Waals surface area contributed by atoms with Crippen LogP contribution in [0, 0.1) is 11.8 Å². The number of hydrogen-bond acceptors (Lipinski definition) is 5. The van der Waals surface area contributed by atoms with Crippen molar-refractivity contribution < 1.29 is 14.3 Å². The molecular weight excluding hydrogens is 448 g/mol. The largest absolute Gasteiger partial charge is 0.487 e. The van der Waals surface area contributed by atoms with Crippen LogP contribution < -0.4 is 9.47 Å². The zero-order chi connectivity index (χ0) is 25.6. The van der Waals surface area contributed by atoms with Crippen molar-refractivity contribution in [3.05, 3.63) is 36.7 Å². The molecule has 0 N–H and O–H groups in total. The number of esters is 1. The Hall–Kier alpha value is -2.43. The first-order chi connectivity index (χ1) is 17.6. The van der Waals surface area contributed by atoms with E-state index in [4.69, 9.17) is 9.47 Å². The van der Waals surface area contributed by atoms with Crippen molar-refractivity contribution in [3.63, 3.8) is 0 Å². The van der Waals surface area contributed by atoms with Gasteiger partial charge < -0.3 is 9.47 Å². The van der Waals surface area contributed by atoms with Crippen LogP contribution in [0.2, 0.25) is 0 Å². The lowest BCUT2D eigenvalue weighted by molar-refractivity contribution is -0.140. The molecule has 2 aromatic rings. The molecule has 0 amide bonds. The van der Waals surface area contributed by atoms with Gasteiger partial charge in [0, 0.05) is 5.56 Å². The summed E-state index contributed by atoms with van der Waals surface area (Å²) >= 11 is 0. The van der Waals surface area contributed by atoms with Crippen molar-refractivity contribution in [3.8, 4) is 22.9 Å². The van der Waals surface area contributed by atoms with Crippen LogP contribution in [0.3, 0.4) is 0 Å². The van der Waals surface area contributed by atoms with Crippen LogP contribution in [0.25, 0.3) is 11.4 Å². The minimum atomic E-state index is -0.0897. The summed E-state index contributed by atoms with van der Waals surface area (Å²) in [6.45, 7) is 6.66. The molecule has 3 rings (SSSR count). The van der Waals surface area contributed by atoms with Crippen LogP contribution in [0.1, 0.15) is 111 Å². The summed E-state index contributed by atoms with van der Waals surface area (Å²) in [6.07, 6.45) is 20.0. The van der Waals surface area contributed by atoms with Gasteiger partial charge in [-0.15, -0.1) is 0 Å². The number of carbonyl (C=O) groups is 1. The first-order valence-corrected chi connectivity index (χ1v) is 14.4. The molecule has 1 heterocycles. The average Bonchev–Trinajstić information content (AvgIpc) is 2.90. The van der Waals surface area contributed by atoms with Crippen molar-refractivity contribution in [1.29, 1.82) is 0 Å². The normalized spacial score (nSPS) is 18.5. The maximum absolute atomic E-state index is 12.7. The van der Waals surface area contributed by atoms with Crippen molar-refractivity contribution in [2.45, 2.75) is 117 Å². The maximum atomic E-state index is 12.7. The van der Waals surface area contributed by atoms with Crippen LogP contribution in [-0.2, 0) is 4.79 Å². The third-order valence-corrected chi connectivity index (χ3v) is 7.40. The Morgan fingerprint density at radius 1 is 0.833 bits per heavy atom. The van der Waals surface area contributed by atoms with Crippen molar-refractivity contribution in [2.75, 3.05) is 0 Å². The number of benzene rings is 1. The summed E-state index contributed by atoms with van der Waals surface area (Å²) in [4.78, 5) is 21.7. The molecule has 1 atom stereocenters. The van der Waals surface area contributed by atoms with E-state index < -0.39 is 0 Å². The van der Waals surface area contributed by atoms with E-state index >= 15 is 0 Å². The highest BCUT2D eigenvalue weighted by Gasteiger charge is 2.27. The van der Waals surface area contributed by atoms with Gasteiger partial charge in [0.15, 0.2) is 11.6 Å². The van der Waals surface area contributed by atoms with Crippen LogP contribution in [0.15, 0.2) is 36.7 Å². The van der Waals surface area contributed by atoms with E-state index in [1.807, 2.05) is 24.3 Å². The first-order valence-electron chi connectivity index (χ1n) is 14.4. The van der Waals surface area contributed by atoms with Crippen LogP contribution in [0.4, 0.5) is 0 Å². The molecular formula is C31H46N2O3. The molecule has 36 heavy (non-hydrogen) atoms. The Morgan fingerprint density at radius 2 is 1.50 bits per heavy atom. The van der Waals surface area contributed by atoms with E-state index in [0.29, 0.717) is 11.6 Å². The number of aromatic nitrogens is 2. The number of carbonyl (C=O) groups excluding carboxylic acids is 1. The number of ether oxygens (including phenoxy) is 2. The predicted octanol–water partition coefficient (Wildman–Crippen LogP) is 8.56. The zero-order valence-electron chi connectivity index (χ0n) is 22.7. The summed E-state index contributed by atoms with van der Waals surface area (Å²) in [7, 11) is 0. The van der Waals surface area contributed by atoms with Gasteiger partial charge in [0.2, 0.25) is 0 Å². The highest BCUT2D eigenvalue weighted by Crippen LogP contribution is 2.33. The molecule has 0 radical (unpaired) electrons. The first kappa shape index (κ1) is 28.1. The lowest BCUT2D eigenvalue weighted by atomic mass is 9.80. The van der Waals surface area contributed by atoms with E-state index in [0.717, 1.165) is 62.2 Å². The molecule has 0 bridgehead atoms. The molecule has 1 aromatic carbocycles. The van der Waals surface area contributed by atoms with Crippen molar-refractivity contribution in [1.82, 2.24) is 9.97 Å². The molecule has 1 fully saturated rings. The van der Waals surface area contributed by atoms with Crippen LogP contribution in [-0.4, -0.2) is 22.0 Å². The van der Waals surface area contributed by atoms with Crippen molar-refractivity contribution in [2.24, 2.45) is 11.8 Å². The van der Waals surface area contributed by atoms with Gasteiger partial charge in [-0.1, -0.05) is 65.7 Å². The third kappa shape index (κ3) is 9.22. The van der Waals surface area contributed by atoms with Gasteiger partial charge >= 0.3 is 5.97 Å². The van der Waals surface area contributed by atoms with Crippen LogP contribution in [0.5, 0.6) is 11.5 Å². The molecule has 1 saturated carbocycles. The fourth-order valence-electron chi connectivity index (χ4n) is 5.17. The fraction of sp³-hybridized carbons (Fsp3) is 0.645. The summed E-state index contributed by atoms with van der Waals surface area (Å²) in [5, 5.41) is 0. The second-order valence-corrected chi connectivity index (χ2v) is 10.4.